The number of alkyl halides is 1. The normalized spacial score (nSPS) is 36.6. The maximum Gasteiger partial charge on any atom is 0.311 e. The molecule has 3 rings (SSSR count). The van der Waals surface area contributed by atoms with Gasteiger partial charge < -0.3 is 24.2 Å². The molecule has 0 bridgehead atoms. The van der Waals surface area contributed by atoms with Gasteiger partial charge >= 0.3 is 11.9 Å². The second-order valence-electron chi connectivity index (χ2n) is 14.7. The first-order valence-corrected chi connectivity index (χ1v) is 18.5. The van der Waals surface area contributed by atoms with Crippen LogP contribution in [0, 0.1) is 29.1 Å². The molecule has 0 amide bonds. The number of rotatable bonds is 9. The molecule has 41 heavy (non-hydrogen) atoms. The summed E-state index contributed by atoms with van der Waals surface area (Å²) in [6.07, 6.45) is 7.05. The third-order valence-electron chi connectivity index (χ3n) is 10.3. The smallest absolute Gasteiger partial charge is 0.311 e. The summed E-state index contributed by atoms with van der Waals surface area (Å²) in [5.41, 5.74) is -2.15. The molecule has 9 atom stereocenters. The van der Waals surface area contributed by atoms with E-state index in [4.69, 9.17) is 25.5 Å². The lowest BCUT2D eigenvalue weighted by atomic mass is 9.58. The van der Waals surface area contributed by atoms with Crippen LogP contribution in [0.1, 0.15) is 87.0 Å². The van der Waals surface area contributed by atoms with E-state index in [1.165, 1.54) is 6.21 Å². The molecule has 2 N–H and O–H groups in total. The van der Waals surface area contributed by atoms with E-state index in [2.05, 4.69) is 45.9 Å². The van der Waals surface area contributed by atoms with Crippen LogP contribution in [0.25, 0.3) is 0 Å². The number of aliphatic hydroxyl groups is 1. The van der Waals surface area contributed by atoms with E-state index in [9.17, 15) is 19.9 Å². The van der Waals surface area contributed by atoms with Crippen molar-refractivity contribution < 1.29 is 33.8 Å². The second-order valence-corrected chi connectivity index (χ2v) is 19.9. The van der Waals surface area contributed by atoms with E-state index in [1.807, 2.05) is 26.8 Å². The second kappa shape index (κ2) is 12.7. The first kappa shape index (κ1) is 34.1. The van der Waals surface area contributed by atoms with Crippen molar-refractivity contribution in [2.75, 3.05) is 0 Å². The Labute approximate surface area is 252 Å². The van der Waals surface area contributed by atoms with Crippen molar-refractivity contribution in [3.63, 3.8) is 0 Å². The minimum absolute atomic E-state index is 0.0363. The zero-order chi connectivity index (χ0) is 31.0. The Kier molecular flexibility index (Phi) is 10.5. The van der Waals surface area contributed by atoms with E-state index in [0.717, 1.165) is 0 Å². The standard InChI is InChI=1S/C31H52ClNO7Si/c1-10-30(6,7)28(35)39-24-15-20(18-33-37)27(32)31(36)14-13-19(2)23(26(24)31)12-11-21-16-22(17-25(34)38-21)40-41(8,9)29(3,4)5/h13-14,18-24,26-27,36-37H,10-12,15-17H2,1-9H3/b33-18+. The third-order valence-corrected chi connectivity index (χ3v) is 15.5. The predicted octanol–water partition coefficient (Wildman–Crippen LogP) is 6.47. The van der Waals surface area contributed by atoms with Crippen LogP contribution in [0.4, 0.5) is 0 Å². The SMILES string of the molecule is CCC(C)(C)C(=O)OC1CC(/C=N/O)C(Cl)C2(O)C=CC(C)C(CCC3CC(O[Si](C)(C)C(C)(C)C)CC(=O)O3)C12. The lowest BCUT2D eigenvalue weighted by molar-refractivity contribution is -0.181. The summed E-state index contributed by atoms with van der Waals surface area (Å²) < 4.78 is 18.5. The lowest BCUT2D eigenvalue weighted by Crippen LogP contribution is -2.62. The zero-order valence-electron chi connectivity index (χ0n) is 26.4. The Hall–Kier alpha value is -1.42. The summed E-state index contributed by atoms with van der Waals surface area (Å²) >= 11 is 6.87. The average molecular weight is 614 g/mol. The zero-order valence-corrected chi connectivity index (χ0v) is 28.1. The summed E-state index contributed by atoms with van der Waals surface area (Å²) in [6, 6.07) is 0. The Morgan fingerprint density at radius 2 is 1.90 bits per heavy atom. The number of cyclic esters (lactones) is 1. The number of carbonyl (C=O) groups excluding carboxylic acids is 2. The molecule has 0 radical (unpaired) electrons. The molecule has 3 aliphatic rings. The molecule has 0 spiro atoms. The summed E-state index contributed by atoms with van der Waals surface area (Å²) in [4.78, 5) is 25.8. The van der Waals surface area contributed by atoms with Crippen molar-refractivity contribution >= 4 is 38.1 Å². The minimum Gasteiger partial charge on any atom is -0.462 e. The molecule has 9 unspecified atom stereocenters. The highest BCUT2D eigenvalue weighted by Gasteiger charge is 2.58. The molecule has 1 heterocycles. The molecule has 10 heteroatoms. The van der Waals surface area contributed by atoms with Crippen LogP contribution >= 0.6 is 11.6 Å². The molecule has 1 saturated heterocycles. The van der Waals surface area contributed by atoms with Crippen molar-refractivity contribution in [2.24, 2.45) is 34.2 Å². The molecule has 2 aliphatic carbocycles. The van der Waals surface area contributed by atoms with Gasteiger partial charge in [0.1, 0.15) is 17.8 Å². The maximum absolute atomic E-state index is 13.2. The molecular formula is C31H52ClNO7Si. The fourth-order valence-electron chi connectivity index (χ4n) is 6.27. The van der Waals surface area contributed by atoms with Gasteiger partial charge in [-0.15, -0.1) is 16.8 Å². The van der Waals surface area contributed by atoms with Gasteiger partial charge in [-0.05, 0) is 69.5 Å². The quantitative estimate of drug-likeness (QED) is 0.0583. The summed E-state index contributed by atoms with van der Waals surface area (Å²) in [5, 5.41) is 23.8. The number of carbonyl (C=O) groups is 2. The molecular weight excluding hydrogens is 562 g/mol. The van der Waals surface area contributed by atoms with Crippen LogP contribution in [0.3, 0.4) is 0 Å². The highest BCUT2D eigenvalue weighted by atomic mass is 35.5. The van der Waals surface area contributed by atoms with Gasteiger partial charge in [0.2, 0.25) is 0 Å². The fraction of sp³-hybridized carbons (Fsp3) is 0.839. The van der Waals surface area contributed by atoms with Gasteiger partial charge in [-0.2, -0.15) is 0 Å². The van der Waals surface area contributed by atoms with Gasteiger partial charge in [0.15, 0.2) is 8.32 Å². The third kappa shape index (κ3) is 7.39. The summed E-state index contributed by atoms with van der Waals surface area (Å²) in [6.45, 7) is 18.7. The number of hydrogen-bond acceptors (Lipinski definition) is 8. The Bertz CT molecular complexity index is 1010. The number of nitrogens with zero attached hydrogens (tertiary/aromatic N) is 1. The van der Waals surface area contributed by atoms with Crippen molar-refractivity contribution in [1.82, 2.24) is 0 Å². The average Bonchev–Trinajstić information content (AvgIpc) is 2.86. The first-order chi connectivity index (χ1) is 18.9. The molecule has 234 valence electrons. The van der Waals surface area contributed by atoms with Gasteiger partial charge in [-0.1, -0.05) is 46.8 Å². The van der Waals surface area contributed by atoms with E-state index in [0.29, 0.717) is 32.1 Å². The van der Waals surface area contributed by atoms with E-state index in [1.54, 1.807) is 6.08 Å². The number of halogens is 1. The van der Waals surface area contributed by atoms with Crippen LogP contribution in [-0.4, -0.2) is 66.1 Å². The van der Waals surface area contributed by atoms with Crippen LogP contribution in [0.15, 0.2) is 17.3 Å². The van der Waals surface area contributed by atoms with Crippen LogP contribution in [0.2, 0.25) is 18.1 Å². The van der Waals surface area contributed by atoms with Crippen LogP contribution < -0.4 is 0 Å². The first-order valence-electron chi connectivity index (χ1n) is 15.2. The number of fused-ring (bicyclic) bond motifs is 1. The highest BCUT2D eigenvalue weighted by molar-refractivity contribution is 6.74. The van der Waals surface area contributed by atoms with Gasteiger partial charge in [0.05, 0.1) is 23.3 Å². The van der Waals surface area contributed by atoms with E-state index < -0.39 is 42.7 Å². The maximum atomic E-state index is 13.2. The van der Waals surface area contributed by atoms with Crippen molar-refractivity contribution in [1.29, 1.82) is 0 Å². The predicted molar refractivity (Wildman–Crippen MR) is 163 cm³/mol. The monoisotopic (exact) mass is 613 g/mol. The van der Waals surface area contributed by atoms with Crippen LogP contribution in [0.5, 0.6) is 0 Å². The molecule has 1 saturated carbocycles. The molecule has 0 aromatic carbocycles. The van der Waals surface area contributed by atoms with E-state index >= 15 is 0 Å². The molecule has 8 nitrogen and oxygen atoms in total. The number of esters is 2. The van der Waals surface area contributed by atoms with Crippen molar-refractivity contribution in [3.05, 3.63) is 12.2 Å². The molecule has 0 aromatic rings. The van der Waals surface area contributed by atoms with Crippen molar-refractivity contribution in [2.45, 2.75) is 134 Å². The number of allylic oxidation sites excluding steroid dienone is 1. The van der Waals surface area contributed by atoms with Crippen LogP contribution in [-0.2, 0) is 23.5 Å². The molecule has 1 aliphatic heterocycles. The molecule has 0 aromatic heterocycles. The minimum atomic E-state index is -2.06. The number of hydrogen-bond donors (Lipinski definition) is 2. The number of ether oxygens (including phenoxy) is 2. The lowest BCUT2D eigenvalue weighted by Gasteiger charge is -2.54. The largest absolute Gasteiger partial charge is 0.462 e. The molecule has 2 fully saturated rings. The van der Waals surface area contributed by atoms with Crippen molar-refractivity contribution in [3.8, 4) is 0 Å². The summed E-state index contributed by atoms with van der Waals surface area (Å²) in [7, 11) is -2.06. The Morgan fingerprint density at radius 1 is 1.24 bits per heavy atom. The van der Waals surface area contributed by atoms with Gasteiger partial charge in [-0.25, -0.2) is 0 Å². The fourth-order valence-corrected chi connectivity index (χ4v) is 8.02. The topological polar surface area (TPSA) is 115 Å². The Balaban J connectivity index is 1.84. The highest BCUT2D eigenvalue weighted by Crippen LogP contribution is 2.52. The Morgan fingerprint density at radius 3 is 2.49 bits per heavy atom. The van der Waals surface area contributed by atoms with Gasteiger partial charge in [0.25, 0.3) is 0 Å². The van der Waals surface area contributed by atoms with Gasteiger partial charge in [-0.3, -0.25) is 9.59 Å². The van der Waals surface area contributed by atoms with E-state index in [-0.39, 0.29) is 47.4 Å². The summed E-state index contributed by atoms with van der Waals surface area (Å²) in [5.74, 6) is -1.53. The van der Waals surface area contributed by atoms with Gasteiger partial charge in [0, 0.05) is 24.5 Å². The number of oxime groups is 1.